The third kappa shape index (κ3) is 2.54. The molecule has 0 spiro atoms. The molecule has 3 nitrogen and oxygen atoms in total. The number of rotatable bonds is 1. The van der Waals surface area contributed by atoms with Crippen LogP contribution in [0.2, 0.25) is 5.28 Å². The highest BCUT2D eigenvalue weighted by Gasteiger charge is 2.18. The number of benzene rings is 1. The average Bonchev–Trinajstić information content (AvgIpc) is 2.64. The summed E-state index contributed by atoms with van der Waals surface area (Å²) in [5.74, 6) is -0.122. The lowest BCUT2D eigenvalue weighted by Crippen LogP contribution is -2.28. The van der Waals surface area contributed by atoms with E-state index in [9.17, 15) is 4.39 Å². The quantitative estimate of drug-likeness (QED) is 0.751. The van der Waals surface area contributed by atoms with Crippen LogP contribution < -0.4 is 4.90 Å². The summed E-state index contributed by atoms with van der Waals surface area (Å²) in [5, 5.41) is 0.0816. The second-order valence-corrected chi connectivity index (χ2v) is 4.90. The van der Waals surface area contributed by atoms with E-state index in [-0.39, 0.29) is 5.28 Å². The standard InChI is InChI=1S/C14H13ClFN3/c15-14-17-9-12(16)13(18-14)19-7-5-10-3-1-2-4-11(10)6-8-19/h1-4,9H,5-8H2. The van der Waals surface area contributed by atoms with Crippen molar-refractivity contribution in [3.8, 4) is 0 Å². The second-order valence-electron chi connectivity index (χ2n) is 4.57. The van der Waals surface area contributed by atoms with Crippen molar-refractivity contribution in [1.29, 1.82) is 0 Å². The Morgan fingerprint density at radius 2 is 1.74 bits per heavy atom. The fraction of sp³-hybridized carbons (Fsp3) is 0.286. The molecule has 0 N–H and O–H groups in total. The van der Waals surface area contributed by atoms with Crippen LogP contribution in [-0.2, 0) is 12.8 Å². The van der Waals surface area contributed by atoms with Crippen LogP contribution in [-0.4, -0.2) is 23.1 Å². The van der Waals surface area contributed by atoms with Crippen molar-refractivity contribution in [3.63, 3.8) is 0 Å². The second kappa shape index (κ2) is 5.13. The van der Waals surface area contributed by atoms with E-state index in [2.05, 4.69) is 22.1 Å². The SMILES string of the molecule is Fc1cnc(Cl)nc1N1CCc2ccccc2CC1. The number of halogens is 2. The van der Waals surface area contributed by atoms with E-state index in [1.54, 1.807) is 0 Å². The van der Waals surface area contributed by atoms with E-state index in [1.165, 1.54) is 11.1 Å². The number of hydrogen-bond donors (Lipinski definition) is 0. The first kappa shape index (κ1) is 12.4. The van der Waals surface area contributed by atoms with Gasteiger partial charge < -0.3 is 4.90 Å². The topological polar surface area (TPSA) is 29.0 Å². The maximum Gasteiger partial charge on any atom is 0.224 e. The Bertz CT molecular complexity index is 576. The molecule has 1 aromatic carbocycles. The van der Waals surface area contributed by atoms with Crippen molar-refractivity contribution in [2.45, 2.75) is 12.8 Å². The van der Waals surface area contributed by atoms with Gasteiger partial charge in [0.25, 0.3) is 0 Å². The number of nitrogens with zero attached hydrogens (tertiary/aromatic N) is 3. The van der Waals surface area contributed by atoms with Gasteiger partial charge in [0.2, 0.25) is 5.28 Å². The molecule has 1 aliphatic rings. The summed E-state index contributed by atoms with van der Waals surface area (Å²) in [6.45, 7) is 1.47. The average molecular weight is 278 g/mol. The van der Waals surface area contributed by atoms with Crippen molar-refractivity contribution >= 4 is 17.4 Å². The fourth-order valence-corrected chi connectivity index (χ4v) is 2.57. The van der Waals surface area contributed by atoms with Gasteiger partial charge in [-0.2, -0.15) is 4.98 Å². The maximum absolute atomic E-state index is 13.8. The van der Waals surface area contributed by atoms with Crippen LogP contribution in [0.15, 0.2) is 30.5 Å². The van der Waals surface area contributed by atoms with Crippen molar-refractivity contribution < 1.29 is 4.39 Å². The molecular formula is C14H13ClFN3. The first-order valence-corrected chi connectivity index (χ1v) is 6.61. The van der Waals surface area contributed by atoms with Crippen LogP contribution in [0.4, 0.5) is 10.2 Å². The van der Waals surface area contributed by atoms with Crippen LogP contribution in [0.25, 0.3) is 0 Å². The zero-order chi connectivity index (χ0) is 13.2. The monoisotopic (exact) mass is 277 g/mol. The number of anilines is 1. The van der Waals surface area contributed by atoms with E-state index in [4.69, 9.17) is 11.6 Å². The molecule has 0 fully saturated rings. The Balaban J connectivity index is 1.87. The van der Waals surface area contributed by atoms with Crippen molar-refractivity contribution in [1.82, 2.24) is 9.97 Å². The summed E-state index contributed by atoms with van der Waals surface area (Å²) in [4.78, 5) is 9.59. The molecule has 0 unspecified atom stereocenters. The van der Waals surface area contributed by atoms with Gasteiger partial charge in [-0.3, -0.25) is 0 Å². The lowest BCUT2D eigenvalue weighted by molar-refractivity contribution is 0.601. The largest absolute Gasteiger partial charge is 0.353 e. The minimum atomic E-state index is -0.421. The molecule has 0 saturated carbocycles. The molecule has 0 atom stereocenters. The van der Waals surface area contributed by atoms with Crippen LogP contribution in [0.5, 0.6) is 0 Å². The summed E-state index contributed by atoms with van der Waals surface area (Å²) < 4.78 is 13.8. The highest BCUT2D eigenvalue weighted by molar-refractivity contribution is 6.28. The predicted molar refractivity (Wildman–Crippen MR) is 73.1 cm³/mol. The number of hydrogen-bond acceptors (Lipinski definition) is 3. The van der Waals surface area contributed by atoms with Crippen molar-refractivity contribution in [2.24, 2.45) is 0 Å². The van der Waals surface area contributed by atoms with Gasteiger partial charge in [0, 0.05) is 13.1 Å². The van der Waals surface area contributed by atoms with E-state index in [0.717, 1.165) is 32.1 Å². The first-order chi connectivity index (χ1) is 9.24. The molecule has 5 heteroatoms. The van der Waals surface area contributed by atoms with E-state index in [0.29, 0.717) is 5.82 Å². The molecule has 3 rings (SSSR count). The Morgan fingerprint density at radius 1 is 1.11 bits per heavy atom. The van der Waals surface area contributed by atoms with Gasteiger partial charge in [-0.1, -0.05) is 24.3 Å². The molecule has 1 aromatic heterocycles. The van der Waals surface area contributed by atoms with Crippen LogP contribution in [0, 0.1) is 5.82 Å². The summed E-state index contributed by atoms with van der Waals surface area (Å²) in [6, 6.07) is 8.33. The van der Waals surface area contributed by atoms with E-state index < -0.39 is 5.82 Å². The Kier molecular flexibility index (Phi) is 3.34. The Morgan fingerprint density at radius 3 is 2.37 bits per heavy atom. The number of fused-ring (bicyclic) bond motifs is 1. The zero-order valence-corrected chi connectivity index (χ0v) is 11.1. The number of aromatic nitrogens is 2. The van der Waals surface area contributed by atoms with Gasteiger partial charge in [0.05, 0.1) is 6.20 Å². The molecule has 0 radical (unpaired) electrons. The predicted octanol–water partition coefficient (Wildman–Crippen LogP) is 2.87. The molecular weight excluding hydrogens is 265 g/mol. The molecule has 0 amide bonds. The van der Waals surface area contributed by atoms with E-state index >= 15 is 0 Å². The summed E-state index contributed by atoms with van der Waals surface area (Å²) in [7, 11) is 0. The molecule has 1 aliphatic heterocycles. The Labute approximate surface area is 116 Å². The molecule has 0 aliphatic carbocycles. The first-order valence-electron chi connectivity index (χ1n) is 6.24. The van der Waals surface area contributed by atoms with Crippen LogP contribution in [0.1, 0.15) is 11.1 Å². The van der Waals surface area contributed by atoms with E-state index in [1.807, 2.05) is 17.0 Å². The maximum atomic E-state index is 13.8. The third-order valence-electron chi connectivity index (χ3n) is 3.42. The van der Waals surface area contributed by atoms with Crippen molar-refractivity contribution in [3.05, 3.63) is 52.7 Å². The molecule has 2 aromatic rings. The highest BCUT2D eigenvalue weighted by Crippen LogP contribution is 2.22. The molecule has 2 heterocycles. The summed E-state index contributed by atoms with van der Waals surface area (Å²) in [6.07, 6.45) is 2.90. The van der Waals surface area contributed by atoms with Gasteiger partial charge >= 0.3 is 0 Å². The minimum Gasteiger partial charge on any atom is -0.353 e. The lowest BCUT2D eigenvalue weighted by Gasteiger charge is -2.21. The Hall–Kier alpha value is -1.68. The molecule has 0 bridgehead atoms. The van der Waals surface area contributed by atoms with Crippen LogP contribution >= 0.6 is 11.6 Å². The highest BCUT2D eigenvalue weighted by atomic mass is 35.5. The van der Waals surface area contributed by atoms with Gasteiger partial charge in [0.15, 0.2) is 11.6 Å². The third-order valence-corrected chi connectivity index (χ3v) is 3.60. The van der Waals surface area contributed by atoms with Gasteiger partial charge in [-0.25, -0.2) is 9.37 Å². The van der Waals surface area contributed by atoms with Gasteiger partial charge in [-0.05, 0) is 35.6 Å². The fourth-order valence-electron chi connectivity index (χ4n) is 2.44. The molecule has 98 valence electrons. The van der Waals surface area contributed by atoms with Gasteiger partial charge in [0.1, 0.15) is 0 Å². The molecule has 0 saturated heterocycles. The minimum absolute atomic E-state index is 0.0816. The normalized spacial score (nSPS) is 14.9. The summed E-state index contributed by atoms with van der Waals surface area (Å²) in [5.41, 5.74) is 2.65. The smallest absolute Gasteiger partial charge is 0.224 e. The van der Waals surface area contributed by atoms with Gasteiger partial charge in [-0.15, -0.1) is 0 Å². The lowest BCUT2D eigenvalue weighted by atomic mass is 10.0. The van der Waals surface area contributed by atoms with Crippen LogP contribution in [0.3, 0.4) is 0 Å². The van der Waals surface area contributed by atoms with Crippen molar-refractivity contribution in [2.75, 3.05) is 18.0 Å². The molecule has 19 heavy (non-hydrogen) atoms. The summed E-state index contributed by atoms with van der Waals surface area (Å²) >= 11 is 5.75. The zero-order valence-electron chi connectivity index (χ0n) is 10.3.